The Labute approximate surface area is 117 Å². The molecule has 0 aromatic heterocycles. The van der Waals surface area contributed by atoms with Crippen molar-refractivity contribution in [2.24, 2.45) is 5.92 Å². The molecule has 0 saturated heterocycles. The summed E-state index contributed by atoms with van der Waals surface area (Å²) in [7, 11) is 0. The lowest BCUT2D eigenvalue weighted by atomic mass is 10.0. The van der Waals surface area contributed by atoms with Crippen LogP contribution in [0.5, 0.6) is 0 Å². The largest absolute Gasteiger partial charge is 0.376 e. The molecule has 2 aromatic rings. The van der Waals surface area contributed by atoms with Crippen LogP contribution >= 0.6 is 0 Å². The van der Waals surface area contributed by atoms with Crippen molar-refractivity contribution in [3.63, 3.8) is 0 Å². The molecule has 3 heteroatoms. The van der Waals surface area contributed by atoms with Gasteiger partial charge >= 0.3 is 0 Å². The fourth-order valence-electron chi connectivity index (χ4n) is 2.48. The second-order valence-electron chi connectivity index (χ2n) is 5.49. The highest BCUT2D eigenvalue weighted by atomic mass is 19.1. The summed E-state index contributed by atoms with van der Waals surface area (Å²) in [6, 6.07) is 11.7. The molecule has 1 atom stereocenters. The Morgan fingerprint density at radius 1 is 1.05 bits per heavy atom. The van der Waals surface area contributed by atoms with E-state index in [9.17, 15) is 8.78 Å². The lowest BCUT2D eigenvalue weighted by Gasteiger charge is -2.20. The maximum absolute atomic E-state index is 14.0. The lowest BCUT2D eigenvalue weighted by molar-refractivity contribution is 0.611. The summed E-state index contributed by atoms with van der Waals surface area (Å²) in [5, 5.41) is 3.27. The summed E-state index contributed by atoms with van der Waals surface area (Å²) >= 11 is 0. The monoisotopic (exact) mass is 273 g/mol. The molecule has 1 N–H and O–H groups in total. The molecule has 0 amide bonds. The van der Waals surface area contributed by atoms with Gasteiger partial charge in [0.25, 0.3) is 0 Å². The molecule has 1 fully saturated rings. The zero-order valence-electron chi connectivity index (χ0n) is 11.4. The third kappa shape index (κ3) is 2.82. The first-order valence-electron chi connectivity index (χ1n) is 6.91. The summed E-state index contributed by atoms with van der Waals surface area (Å²) in [6.07, 6.45) is 2.26. The first-order valence-corrected chi connectivity index (χ1v) is 6.91. The predicted octanol–water partition coefficient (Wildman–Crippen LogP) is 4.84. The zero-order chi connectivity index (χ0) is 14.1. The molecular formula is C17H17F2N. The third-order valence-corrected chi connectivity index (χ3v) is 3.76. The van der Waals surface area contributed by atoms with Crippen LogP contribution in [0.3, 0.4) is 0 Å². The Balaban J connectivity index is 1.86. The zero-order valence-corrected chi connectivity index (χ0v) is 11.4. The summed E-state index contributed by atoms with van der Waals surface area (Å²) in [4.78, 5) is 0. The van der Waals surface area contributed by atoms with Gasteiger partial charge < -0.3 is 5.32 Å². The number of rotatable bonds is 4. The first kappa shape index (κ1) is 13.1. The Morgan fingerprint density at radius 2 is 1.75 bits per heavy atom. The van der Waals surface area contributed by atoms with Gasteiger partial charge in [-0.05, 0) is 61.1 Å². The third-order valence-electron chi connectivity index (χ3n) is 3.76. The average Bonchev–Trinajstić information content (AvgIpc) is 3.24. The van der Waals surface area contributed by atoms with Gasteiger partial charge in [0.05, 0.1) is 11.7 Å². The van der Waals surface area contributed by atoms with E-state index in [0.717, 1.165) is 24.0 Å². The van der Waals surface area contributed by atoms with Gasteiger partial charge in [0.1, 0.15) is 11.6 Å². The molecule has 1 unspecified atom stereocenters. The van der Waals surface area contributed by atoms with Crippen LogP contribution in [0.25, 0.3) is 0 Å². The van der Waals surface area contributed by atoms with Gasteiger partial charge in [0, 0.05) is 0 Å². The van der Waals surface area contributed by atoms with Crippen molar-refractivity contribution in [3.05, 3.63) is 65.2 Å². The maximum atomic E-state index is 14.0. The van der Waals surface area contributed by atoms with E-state index in [1.54, 1.807) is 18.2 Å². The predicted molar refractivity (Wildman–Crippen MR) is 76.6 cm³/mol. The highest BCUT2D eigenvalue weighted by Gasteiger charge is 2.32. The van der Waals surface area contributed by atoms with E-state index in [4.69, 9.17) is 0 Å². The standard InChI is InChI=1S/C17H17F2N/c1-11-2-9-16(15(19)10-11)20-17(12-3-4-12)13-5-7-14(18)8-6-13/h2,5-10,12,17,20H,3-4H2,1H3. The fourth-order valence-corrected chi connectivity index (χ4v) is 2.48. The number of aryl methyl sites for hydroxylation is 1. The topological polar surface area (TPSA) is 12.0 Å². The van der Waals surface area contributed by atoms with Crippen molar-refractivity contribution >= 4 is 5.69 Å². The van der Waals surface area contributed by atoms with Gasteiger partial charge in [0.15, 0.2) is 0 Å². The summed E-state index contributed by atoms with van der Waals surface area (Å²) < 4.78 is 27.0. The van der Waals surface area contributed by atoms with Crippen molar-refractivity contribution in [1.82, 2.24) is 0 Å². The van der Waals surface area contributed by atoms with Gasteiger partial charge in [-0.3, -0.25) is 0 Å². The Bertz CT molecular complexity index is 603. The van der Waals surface area contributed by atoms with Gasteiger partial charge in [-0.1, -0.05) is 18.2 Å². The van der Waals surface area contributed by atoms with E-state index in [0.29, 0.717) is 11.6 Å². The Morgan fingerprint density at radius 3 is 2.35 bits per heavy atom. The number of hydrogen-bond donors (Lipinski definition) is 1. The quantitative estimate of drug-likeness (QED) is 0.840. The average molecular weight is 273 g/mol. The molecule has 2 aromatic carbocycles. The van der Waals surface area contributed by atoms with E-state index in [-0.39, 0.29) is 17.7 Å². The number of anilines is 1. The van der Waals surface area contributed by atoms with E-state index >= 15 is 0 Å². The van der Waals surface area contributed by atoms with Crippen LogP contribution in [0.1, 0.15) is 30.0 Å². The number of benzene rings is 2. The van der Waals surface area contributed by atoms with Crippen LogP contribution in [-0.2, 0) is 0 Å². The van der Waals surface area contributed by atoms with Crippen molar-refractivity contribution in [3.8, 4) is 0 Å². The van der Waals surface area contributed by atoms with Crippen molar-refractivity contribution in [2.45, 2.75) is 25.8 Å². The van der Waals surface area contributed by atoms with Crippen molar-refractivity contribution in [2.75, 3.05) is 5.32 Å². The number of hydrogen-bond acceptors (Lipinski definition) is 1. The Hall–Kier alpha value is -1.90. The molecule has 0 aliphatic heterocycles. The molecule has 20 heavy (non-hydrogen) atoms. The fraction of sp³-hybridized carbons (Fsp3) is 0.294. The van der Waals surface area contributed by atoms with E-state index in [2.05, 4.69) is 5.32 Å². The molecule has 3 rings (SSSR count). The summed E-state index contributed by atoms with van der Waals surface area (Å²) in [5.74, 6) is 0.0174. The van der Waals surface area contributed by atoms with Crippen molar-refractivity contribution in [1.29, 1.82) is 0 Å². The van der Waals surface area contributed by atoms with E-state index in [1.165, 1.54) is 18.2 Å². The highest BCUT2D eigenvalue weighted by molar-refractivity contribution is 5.48. The summed E-state index contributed by atoms with van der Waals surface area (Å²) in [5.41, 5.74) is 2.42. The highest BCUT2D eigenvalue weighted by Crippen LogP contribution is 2.43. The molecule has 0 heterocycles. The molecule has 0 spiro atoms. The molecule has 1 aliphatic rings. The number of nitrogens with one attached hydrogen (secondary N) is 1. The van der Waals surface area contributed by atoms with Crippen LogP contribution in [0, 0.1) is 24.5 Å². The summed E-state index contributed by atoms with van der Waals surface area (Å²) in [6.45, 7) is 1.87. The minimum absolute atomic E-state index is 0.0489. The van der Waals surface area contributed by atoms with Gasteiger partial charge in [-0.2, -0.15) is 0 Å². The van der Waals surface area contributed by atoms with Crippen LogP contribution in [0.15, 0.2) is 42.5 Å². The molecular weight excluding hydrogens is 256 g/mol. The second-order valence-corrected chi connectivity index (χ2v) is 5.49. The van der Waals surface area contributed by atoms with Gasteiger partial charge in [-0.25, -0.2) is 8.78 Å². The van der Waals surface area contributed by atoms with Crippen LogP contribution in [0.2, 0.25) is 0 Å². The minimum atomic E-state index is -0.246. The van der Waals surface area contributed by atoms with Crippen molar-refractivity contribution < 1.29 is 8.78 Å². The van der Waals surface area contributed by atoms with Gasteiger partial charge in [-0.15, -0.1) is 0 Å². The van der Waals surface area contributed by atoms with Gasteiger partial charge in [0.2, 0.25) is 0 Å². The molecule has 1 aliphatic carbocycles. The normalized spacial score (nSPS) is 15.9. The molecule has 1 saturated carbocycles. The molecule has 0 bridgehead atoms. The second kappa shape index (κ2) is 5.23. The molecule has 104 valence electrons. The SMILES string of the molecule is Cc1ccc(NC(c2ccc(F)cc2)C2CC2)c(F)c1. The Kier molecular flexibility index (Phi) is 3.43. The minimum Gasteiger partial charge on any atom is -0.376 e. The first-order chi connectivity index (χ1) is 9.63. The maximum Gasteiger partial charge on any atom is 0.146 e. The van der Waals surface area contributed by atoms with E-state index in [1.807, 2.05) is 13.0 Å². The van der Waals surface area contributed by atoms with Crippen LogP contribution < -0.4 is 5.32 Å². The molecule has 1 nitrogen and oxygen atoms in total. The van der Waals surface area contributed by atoms with Crippen LogP contribution in [0.4, 0.5) is 14.5 Å². The van der Waals surface area contributed by atoms with E-state index < -0.39 is 0 Å². The lowest BCUT2D eigenvalue weighted by Crippen LogP contribution is -2.14. The molecule has 0 radical (unpaired) electrons. The number of halogens is 2. The van der Waals surface area contributed by atoms with Crippen LogP contribution in [-0.4, -0.2) is 0 Å². The smallest absolute Gasteiger partial charge is 0.146 e.